The minimum Gasteiger partial charge on any atom is -0.351 e. The van der Waals surface area contributed by atoms with Crippen LogP contribution in [0.2, 0.25) is 5.15 Å². The summed E-state index contributed by atoms with van der Waals surface area (Å²) >= 11 is 5.59. The first-order valence-electron chi connectivity index (χ1n) is 4.43. The van der Waals surface area contributed by atoms with Crippen molar-refractivity contribution in [1.82, 2.24) is 15.3 Å². The molecule has 0 radical (unpaired) electrons. The lowest BCUT2D eigenvalue weighted by atomic mass is 10.3. The first-order chi connectivity index (χ1) is 7.24. The zero-order valence-corrected chi connectivity index (χ0v) is 8.79. The van der Waals surface area contributed by atoms with Crippen LogP contribution in [-0.2, 0) is 0 Å². The van der Waals surface area contributed by atoms with Gasteiger partial charge in [-0.15, -0.1) is 12.3 Å². The Morgan fingerprint density at radius 3 is 3.07 bits per heavy atom. The predicted molar refractivity (Wildman–Crippen MR) is 57.4 cm³/mol. The Morgan fingerprint density at radius 2 is 2.40 bits per heavy atom. The molecule has 1 heterocycles. The van der Waals surface area contributed by atoms with E-state index in [0.29, 0.717) is 13.0 Å². The minimum absolute atomic E-state index is 0.200. The molecule has 0 aliphatic heterocycles. The molecule has 0 aliphatic carbocycles. The molecule has 78 valence electrons. The molecule has 0 spiro atoms. The fourth-order valence-electron chi connectivity index (χ4n) is 0.935. The van der Waals surface area contributed by atoms with Gasteiger partial charge in [0, 0.05) is 13.0 Å². The first-order valence-corrected chi connectivity index (χ1v) is 4.81. The van der Waals surface area contributed by atoms with Gasteiger partial charge in [0.05, 0.1) is 12.4 Å². The van der Waals surface area contributed by atoms with Crippen LogP contribution in [0.25, 0.3) is 0 Å². The van der Waals surface area contributed by atoms with Crippen LogP contribution >= 0.6 is 11.6 Å². The average Bonchev–Trinajstić information content (AvgIpc) is 2.24. The number of unbranched alkanes of at least 4 members (excludes halogenated alkanes) is 1. The van der Waals surface area contributed by atoms with Gasteiger partial charge in [0.15, 0.2) is 0 Å². The Labute approximate surface area is 93.1 Å². The van der Waals surface area contributed by atoms with E-state index in [1.165, 1.54) is 12.4 Å². The van der Waals surface area contributed by atoms with Gasteiger partial charge in [-0.05, 0) is 6.42 Å². The van der Waals surface area contributed by atoms with Crippen LogP contribution in [-0.4, -0.2) is 22.4 Å². The maximum Gasteiger partial charge on any atom is 0.271 e. The number of terminal acetylenes is 1. The summed E-state index contributed by atoms with van der Waals surface area (Å²) in [6.07, 6.45) is 9.20. The molecule has 0 aromatic carbocycles. The van der Waals surface area contributed by atoms with Gasteiger partial charge in [-0.2, -0.15) is 0 Å². The van der Waals surface area contributed by atoms with Crippen molar-refractivity contribution in [2.75, 3.05) is 6.54 Å². The third-order valence-corrected chi connectivity index (χ3v) is 1.80. The highest BCUT2D eigenvalue weighted by atomic mass is 35.5. The van der Waals surface area contributed by atoms with E-state index in [-0.39, 0.29) is 16.8 Å². The lowest BCUT2D eigenvalue weighted by Gasteiger charge is -2.02. The molecule has 1 N–H and O–H groups in total. The Morgan fingerprint density at radius 1 is 1.60 bits per heavy atom. The summed E-state index contributed by atoms with van der Waals surface area (Å²) in [4.78, 5) is 19.0. The van der Waals surface area contributed by atoms with Gasteiger partial charge in [-0.25, -0.2) is 4.98 Å². The van der Waals surface area contributed by atoms with E-state index in [0.717, 1.165) is 6.42 Å². The molecule has 0 saturated carbocycles. The van der Waals surface area contributed by atoms with Crippen molar-refractivity contribution in [3.05, 3.63) is 23.2 Å². The Kier molecular flexibility index (Phi) is 4.58. The molecule has 0 unspecified atom stereocenters. The summed E-state index contributed by atoms with van der Waals surface area (Å²) in [5.74, 6) is 2.20. The molecule has 1 rings (SSSR count). The number of hydrogen-bond donors (Lipinski definition) is 1. The van der Waals surface area contributed by atoms with E-state index in [2.05, 4.69) is 21.2 Å². The molecule has 15 heavy (non-hydrogen) atoms. The normalized spacial score (nSPS) is 9.33. The second-order valence-electron chi connectivity index (χ2n) is 2.79. The number of aromatic nitrogens is 2. The highest BCUT2D eigenvalue weighted by Crippen LogP contribution is 2.02. The van der Waals surface area contributed by atoms with Crippen molar-refractivity contribution in [1.29, 1.82) is 0 Å². The molecular weight excluding hydrogens is 214 g/mol. The molecular formula is C10H10ClN3O. The second-order valence-corrected chi connectivity index (χ2v) is 3.18. The van der Waals surface area contributed by atoms with Gasteiger partial charge in [0.2, 0.25) is 0 Å². The first kappa shape index (κ1) is 11.5. The zero-order valence-electron chi connectivity index (χ0n) is 8.03. The Balaban J connectivity index is 2.44. The summed E-state index contributed by atoms with van der Waals surface area (Å²) in [5.41, 5.74) is 0.211. The summed E-state index contributed by atoms with van der Waals surface area (Å²) < 4.78 is 0. The minimum atomic E-state index is -0.290. The van der Waals surface area contributed by atoms with Crippen molar-refractivity contribution in [2.24, 2.45) is 0 Å². The maximum absolute atomic E-state index is 11.4. The van der Waals surface area contributed by atoms with Crippen LogP contribution in [0, 0.1) is 12.3 Å². The van der Waals surface area contributed by atoms with Crippen LogP contribution in [0.5, 0.6) is 0 Å². The number of rotatable bonds is 4. The average molecular weight is 224 g/mol. The number of amides is 1. The monoisotopic (exact) mass is 223 g/mol. The number of nitrogens with one attached hydrogen (secondary N) is 1. The van der Waals surface area contributed by atoms with Crippen LogP contribution in [0.4, 0.5) is 0 Å². The van der Waals surface area contributed by atoms with E-state index in [1.54, 1.807) is 0 Å². The van der Waals surface area contributed by atoms with Crippen LogP contribution in [0.1, 0.15) is 23.3 Å². The fraction of sp³-hybridized carbons (Fsp3) is 0.300. The van der Waals surface area contributed by atoms with E-state index in [4.69, 9.17) is 18.0 Å². The van der Waals surface area contributed by atoms with Crippen LogP contribution in [0.3, 0.4) is 0 Å². The SMILES string of the molecule is C#CCCCNC(=O)c1cncc(Cl)n1. The van der Waals surface area contributed by atoms with Crippen molar-refractivity contribution >= 4 is 17.5 Å². The summed E-state index contributed by atoms with van der Waals surface area (Å²) in [6.45, 7) is 0.525. The van der Waals surface area contributed by atoms with E-state index in [1.807, 2.05) is 0 Å². The number of hydrogen-bond acceptors (Lipinski definition) is 3. The van der Waals surface area contributed by atoms with Gasteiger partial charge in [0.1, 0.15) is 10.8 Å². The third kappa shape index (κ3) is 3.96. The largest absolute Gasteiger partial charge is 0.351 e. The molecule has 1 aromatic heterocycles. The van der Waals surface area contributed by atoms with Gasteiger partial charge in [-0.1, -0.05) is 11.6 Å². The second kappa shape index (κ2) is 5.99. The Bertz CT molecular complexity index is 386. The smallest absolute Gasteiger partial charge is 0.271 e. The third-order valence-electron chi connectivity index (χ3n) is 1.62. The lowest BCUT2D eigenvalue weighted by molar-refractivity contribution is 0.0948. The topological polar surface area (TPSA) is 54.9 Å². The highest BCUT2D eigenvalue weighted by molar-refractivity contribution is 6.29. The molecule has 0 bridgehead atoms. The van der Waals surface area contributed by atoms with Gasteiger partial charge in [-0.3, -0.25) is 9.78 Å². The van der Waals surface area contributed by atoms with Crippen LogP contribution < -0.4 is 5.32 Å². The van der Waals surface area contributed by atoms with Crippen molar-refractivity contribution < 1.29 is 4.79 Å². The number of carbonyl (C=O) groups excluding carboxylic acids is 1. The van der Waals surface area contributed by atoms with E-state index < -0.39 is 0 Å². The standard InChI is InChI=1S/C10H10ClN3O/c1-2-3-4-5-13-10(15)8-6-12-7-9(11)14-8/h1,6-7H,3-5H2,(H,13,15). The van der Waals surface area contributed by atoms with Crippen LogP contribution in [0.15, 0.2) is 12.4 Å². The highest BCUT2D eigenvalue weighted by Gasteiger charge is 2.06. The molecule has 0 saturated heterocycles. The molecule has 0 aliphatic rings. The van der Waals surface area contributed by atoms with Gasteiger partial charge >= 0.3 is 0 Å². The number of halogens is 1. The van der Waals surface area contributed by atoms with Crippen molar-refractivity contribution in [2.45, 2.75) is 12.8 Å². The van der Waals surface area contributed by atoms with Gasteiger partial charge in [0.25, 0.3) is 5.91 Å². The molecule has 5 heteroatoms. The Hall–Kier alpha value is -1.60. The molecule has 0 fully saturated rings. The van der Waals surface area contributed by atoms with E-state index in [9.17, 15) is 4.79 Å². The van der Waals surface area contributed by atoms with E-state index >= 15 is 0 Å². The van der Waals surface area contributed by atoms with Gasteiger partial charge < -0.3 is 5.32 Å². The van der Waals surface area contributed by atoms with Crippen molar-refractivity contribution in [3.63, 3.8) is 0 Å². The molecule has 1 aromatic rings. The summed E-state index contributed by atoms with van der Waals surface area (Å²) in [6, 6.07) is 0. The molecule has 0 atom stereocenters. The van der Waals surface area contributed by atoms with Crippen molar-refractivity contribution in [3.8, 4) is 12.3 Å². The lowest BCUT2D eigenvalue weighted by Crippen LogP contribution is -2.25. The number of nitrogens with zero attached hydrogens (tertiary/aromatic N) is 2. The number of carbonyl (C=O) groups is 1. The molecule has 4 nitrogen and oxygen atoms in total. The molecule has 1 amide bonds. The fourth-order valence-corrected chi connectivity index (χ4v) is 1.08. The maximum atomic E-state index is 11.4. The quantitative estimate of drug-likeness (QED) is 0.618. The zero-order chi connectivity index (χ0) is 11.1. The summed E-state index contributed by atoms with van der Waals surface area (Å²) in [5, 5.41) is 2.87. The summed E-state index contributed by atoms with van der Waals surface area (Å²) in [7, 11) is 0. The predicted octanol–water partition coefficient (Wildman–Crippen LogP) is 1.27.